The number of rotatable bonds is 16. The predicted molar refractivity (Wildman–Crippen MR) is 138 cm³/mol. The van der Waals surface area contributed by atoms with Gasteiger partial charge in [0, 0.05) is 0 Å². The molecule has 38 heavy (non-hydrogen) atoms. The fourth-order valence-corrected chi connectivity index (χ4v) is 4.00. The number of ether oxygens (including phenoxy) is 3. The van der Waals surface area contributed by atoms with Crippen LogP contribution in [0.15, 0.2) is 12.7 Å². The van der Waals surface area contributed by atoms with Crippen LogP contribution >= 0.6 is 0 Å². The lowest BCUT2D eigenvalue weighted by molar-refractivity contribution is -0.146. The number of hydrogen-bond acceptors (Lipinski definition) is 9. The zero-order valence-electron chi connectivity index (χ0n) is 23.2. The molecule has 3 amide bonds. The summed E-state index contributed by atoms with van der Waals surface area (Å²) in [6.07, 6.45) is -0.391. The Morgan fingerprint density at radius 3 is 2.05 bits per heavy atom. The average molecular weight is 542 g/mol. The van der Waals surface area contributed by atoms with Gasteiger partial charge in [-0.3, -0.25) is 19.3 Å². The highest BCUT2D eigenvalue weighted by Crippen LogP contribution is 2.31. The van der Waals surface area contributed by atoms with E-state index in [1.165, 1.54) is 6.08 Å². The van der Waals surface area contributed by atoms with Crippen LogP contribution in [-0.4, -0.2) is 89.9 Å². The van der Waals surface area contributed by atoms with Gasteiger partial charge in [-0.1, -0.05) is 40.3 Å². The number of nitrogens with one attached hydrogen (secondary N) is 2. The number of amides is 3. The van der Waals surface area contributed by atoms with Crippen LogP contribution in [0.25, 0.3) is 0 Å². The molecule has 0 aromatic heterocycles. The number of aliphatic hydroxyl groups excluding tert-OH is 1. The summed E-state index contributed by atoms with van der Waals surface area (Å²) in [4.78, 5) is 64.0. The van der Waals surface area contributed by atoms with E-state index in [4.69, 9.17) is 14.2 Å². The zero-order chi connectivity index (χ0) is 29.0. The first-order valence-electron chi connectivity index (χ1n) is 13.0. The van der Waals surface area contributed by atoms with Gasteiger partial charge in [-0.05, 0) is 38.5 Å². The van der Waals surface area contributed by atoms with Gasteiger partial charge in [0.2, 0.25) is 11.8 Å². The highest BCUT2D eigenvalue weighted by atomic mass is 16.6. The van der Waals surface area contributed by atoms with Crippen LogP contribution in [0.3, 0.4) is 0 Å². The number of nitrogens with zero attached hydrogens (tertiary/aromatic N) is 1. The Morgan fingerprint density at radius 1 is 0.921 bits per heavy atom. The Labute approximate surface area is 224 Å². The van der Waals surface area contributed by atoms with Gasteiger partial charge in [-0.2, -0.15) is 0 Å². The van der Waals surface area contributed by atoms with Crippen molar-refractivity contribution in [3.05, 3.63) is 12.7 Å². The smallest absolute Gasteiger partial charge is 0.411 e. The minimum absolute atomic E-state index is 0.00669. The van der Waals surface area contributed by atoms with Gasteiger partial charge in [0.05, 0.1) is 31.8 Å². The van der Waals surface area contributed by atoms with Crippen molar-refractivity contribution < 1.29 is 43.3 Å². The molecule has 1 saturated heterocycles. The molecule has 12 heteroatoms. The third kappa shape index (κ3) is 10.3. The van der Waals surface area contributed by atoms with Gasteiger partial charge in [-0.15, -0.1) is 0 Å². The molecule has 0 unspecified atom stereocenters. The summed E-state index contributed by atoms with van der Waals surface area (Å²) in [6, 6.07) is -4.16. The van der Waals surface area contributed by atoms with Crippen LogP contribution in [0.1, 0.15) is 60.8 Å². The SMILES string of the molecule is C=CCOC(=O)N1[C@@H](C(=O)N[C@@H](CC(C)C)C(=O)N[C@@H](CC(C)C)[C@@H](O)CC(=O)OCC)[C@@H]1C(=O)OCC. The Kier molecular flexibility index (Phi) is 13.8. The lowest BCUT2D eigenvalue weighted by Gasteiger charge is -2.28. The maximum atomic E-state index is 13.3. The fourth-order valence-electron chi connectivity index (χ4n) is 4.00. The van der Waals surface area contributed by atoms with Gasteiger partial charge in [0.1, 0.15) is 18.7 Å². The minimum Gasteiger partial charge on any atom is -0.466 e. The molecule has 3 N–H and O–H groups in total. The van der Waals surface area contributed by atoms with E-state index in [2.05, 4.69) is 17.2 Å². The molecule has 1 rings (SSSR count). The number of carbonyl (C=O) groups is 5. The first kappa shape index (κ1) is 32.9. The molecule has 0 spiro atoms. The maximum absolute atomic E-state index is 13.3. The molecule has 0 aromatic carbocycles. The lowest BCUT2D eigenvalue weighted by Crippen LogP contribution is -2.54. The Balaban J connectivity index is 3.05. The third-order valence-corrected chi connectivity index (χ3v) is 5.68. The van der Waals surface area contributed by atoms with Crippen LogP contribution in [0.5, 0.6) is 0 Å². The Hall–Kier alpha value is -3.15. The average Bonchev–Trinajstić information content (AvgIpc) is 3.57. The maximum Gasteiger partial charge on any atom is 0.411 e. The van der Waals surface area contributed by atoms with E-state index in [1.54, 1.807) is 13.8 Å². The van der Waals surface area contributed by atoms with E-state index in [-0.39, 0.29) is 44.5 Å². The summed E-state index contributed by atoms with van der Waals surface area (Å²) in [5, 5.41) is 16.0. The molecule has 1 aliphatic rings. The topological polar surface area (TPSA) is 160 Å². The minimum atomic E-state index is -1.20. The standard InChI is InChI=1S/C26H43N3O9/c1-8-11-38-26(35)29-21(22(29)25(34)37-10-3)24(33)28-18(13-16(6)7)23(32)27-17(12-15(4)5)19(30)14-20(31)36-9-2/h8,15-19,21-22,30H,1,9-14H2,2-7H3,(H,27,32)(H,28,33)/t17-,18-,19-,21+,22+,29?/m0/s1. The van der Waals surface area contributed by atoms with E-state index in [0.717, 1.165) is 4.90 Å². The van der Waals surface area contributed by atoms with Crippen molar-refractivity contribution in [2.75, 3.05) is 19.8 Å². The predicted octanol–water partition coefficient (Wildman–Crippen LogP) is 1.30. The van der Waals surface area contributed by atoms with Gasteiger partial charge in [0.15, 0.2) is 6.04 Å². The number of aliphatic hydroxyl groups is 1. The van der Waals surface area contributed by atoms with Gasteiger partial charge in [-0.25, -0.2) is 9.59 Å². The first-order valence-corrected chi connectivity index (χ1v) is 13.0. The van der Waals surface area contributed by atoms with Crippen molar-refractivity contribution in [1.29, 1.82) is 0 Å². The summed E-state index contributed by atoms with van der Waals surface area (Å²) in [6.45, 7) is 14.4. The van der Waals surface area contributed by atoms with Crippen molar-refractivity contribution in [2.45, 2.75) is 91.1 Å². The second-order valence-electron chi connectivity index (χ2n) is 9.93. The van der Waals surface area contributed by atoms with Crippen LogP contribution in [-0.2, 0) is 33.4 Å². The van der Waals surface area contributed by atoms with Crippen molar-refractivity contribution >= 4 is 29.8 Å². The van der Waals surface area contributed by atoms with Crippen LogP contribution in [0.4, 0.5) is 4.79 Å². The van der Waals surface area contributed by atoms with Crippen molar-refractivity contribution in [1.82, 2.24) is 15.5 Å². The van der Waals surface area contributed by atoms with Gasteiger partial charge in [0.25, 0.3) is 0 Å². The highest BCUT2D eigenvalue weighted by molar-refractivity contribution is 6.02. The monoisotopic (exact) mass is 541 g/mol. The number of carbonyl (C=O) groups excluding carboxylic acids is 5. The van der Waals surface area contributed by atoms with E-state index < -0.39 is 60.1 Å². The number of hydrogen-bond donors (Lipinski definition) is 3. The largest absolute Gasteiger partial charge is 0.466 e. The lowest BCUT2D eigenvalue weighted by atomic mass is 9.96. The summed E-state index contributed by atoms with van der Waals surface area (Å²) in [5.41, 5.74) is 0. The molecular formula is C26H43N3O9. The second kappa shape index (κ2) is 16.0. The van der Waals surface area contributed by atoms with Gasteiger partial charge >= 0.3 is 18.0 Å². The molecule has 1 fully saturated rings. The summed E-state index contributed by atoms with van der Waals surface area (Å²) < 4.78 is 14.9. The second-order valence-corrected chi connectivity index (χ2v) is 9.93. The Bertz CT molecular complexity index is 846. The van der Waals surface area contributed by atoms with E-state index in [9.17, 15) is 29.1 Å². The molecule has 12 nitrogen and oxygen atoms in total. The molecule has 0 aliphatic carbocycles. The Morgan fingerprint density at radius 2 is 1.53 bits per heavy atom. The molecule has 0 radical (unpaired) electrons. The van der Waals surface area contributed by atoms with Crippen LogP contribution in [0.2, 0.25) is 0 Å². The van der Waals surface area contributed by atoms with Gasteiger partial charge < -0.3 is 30.0 Å². The summed E-state index contributed by atoms with van der Waals surface area (Å²) in [7, 11) is 0. The molecule has 1 aliphatic heterocycles. The van der Waals surface area contributed by atoms with Crippen LogP contribution < -0.4 is 10.6 Å². The fraction of sp³-hybridized carbons (Fsp3) is 0.731. The van der Waals surface area contributed by atoms with E-state index in [1.807, 2.05) is 27.7 Å². The van der Waals surface area contributed by atoms with Crippen molar-refractivity contribution in [3.63, 3.8) is 0 Å². The summed E-state index contributed by atoms with van der Waals surface area (Å²) >= 11 is 0. The first-order chi connectivity index (χ1) is 17.9. The summed E-state index contributed by atoms with van der Waals surface area (Å²) in [5.74, 6) is -2.54. The van der Waals surface area contributed by atoms with Crippen LogP contribution in [0, 0.1) is 11.8 Å². The molecule has 0 bridgehead atoms. The normalized spacial score (nSPS) is 18.7. The van der Waals surface area contributed by atoms with Crippen molar-refractivity contribution in [3.8, 4) is 0 Å². The van der Waals surface area contributed by atoms with E-state index in [0.29, 0.717) is 6.42 Å². The molecule has 5 atom stereocenters. The molecule has 0 saturated carbocycles. The number of esters is 2. The highest BCUT2D eigenvalue weighted by Gasteiger charge is 2.62. The zero-order valence-corrected chi connectivity index (χ0v) is 23.2. The molecule has 1 heterocycles. The molecular weight excluding hydrogens is 498 g/mol. The quantitative estimate of drug-likeness (QED) is 0.113. The van der Waals surface area contributed by atoms with Crippen molar-refractivity contribution in [2.24, 2.45) is 11.8 Å². The van der Waals surface area contributed by atoms with E-state index >= 15 is 0 Å². The molecule has 0 aromatic rings. The third-order valence-electron chi connectivity index (χ3n) is 5.68. The molecule has 216 valence electrons.